The SMILES string of the molecule is CC(=O)C1C(=O)C(=O)N(c2ccc3nc[nH]c3c2)C1c1nccs1. The lowest BCUT2D eigenvalue weighted by molar-refractivity contribution is -0.138. The van der Waals surface area contributed by atoms with Crippen molar-refractivity contribution < 1.29 is 14.4 Å². The predicted molar refractivity (Wildman–Crippen MR) is 87.6 cm³/mol. The first kappa shape index (κ1) is 14.7. The van der Waals surface area contributed by atoms with E-state index in [0.29, 0.717) is 10.7 Å². The number of hydrogen-bond donors (Lipinski definition) is 1. The second kappa shape index (κ2) is 5.34. The molecule has 1 fully saturated rings. The van der Waals surface area contributed by atoms with Crippen LogP contribution in [-0.4, -0.2) is 32.4 Å². The van der Waals surface area contributed by atoms with Gasteiger partial charge in [-0.2, -0.15) is 0 Å². The molecule has 1 aliphatic rings. The monoisotopic (exact) mass is 340 g/mol. The third-order valence-electron chi connectivity index (χ3n) is 4.13. The Kier molecular flexibility index (Phi) is 3.27. The Labute approximate surface area is 140 Å². The second-order valence-corrected chi connectivity index (χ2v) is 6.47. The average molecular weight is 340 g/mol. The van der Waals surface area contributed by atoms with Gasteiger partial charge in [-0.25, -0.2) is 9.97 Å². The predicted octanol–water partition coefficient (Wildman–Crippen LogP) is 1.88. The van der Waals surface area contributed by atoms with E-state index in [9.17, 15) is 14.4 Å². The van der Waals surface area contributed by atoms with Crippen LogP contribution in [0.3, 0.4) is 0 Å². The van der Waals surface area contributed by atoms with Crippen LogP contribution in [0.4, 0.5) is 5.69 Å². The van der Waals surface area contributed by atoms with Gasteiger partial charge in [0, 0.05) is 17.3 Å². The molecule has 1 amide bonds. The number of amides is 1. The molecule has 1 N–H and O–H groups in total. The number of fused-ring (bicyclic) bond motifs is 1. The van der Waals surface area contributed by atoms with Crippen molar-refractivity contribution in [3.63, 3.8) is 0 Å². The molecule has 0 spiro atoms. The number of anilines is 1. The zero-order valence-electron chi connectivity index (χ0n) is 12.6. The lowest BCUT2D eigenvalue weighted by Crippen LogP contribution is -2.30. The largest absolute Gasteiger partial charge is 0.345 e. The van der Waals surface area contributed by atoms with Crippen LogP contribution in [0.1, 0.15) is 18.0 Å². The standard InChI is InChI=1S/C16H12N4O3S/c1-8(21)12-13(15-17-4-5-24-15)20(16(23)14(12)22)9-2-3-10-11(6-9)19-7-18-10/h2-7,12-13H,1H3,(H,18,19). The number of rotatable bonds is 3. The summed E-state index contributed by atoms with van der Waals surface area (Å²) in [5.74, 6) is -2.73. The minimum Gasteiger partial charge on any atom is -0.345 e. The van der Waals surface area contributed by atoms with Gasteiger partial charge in [0.25, 0.3) is 5.91 Å². The maximum Gasteiger partial charge on any atom is 0.295 e. The summed E-state index contributed by atoms with van der Waals surface area (Å²) in [5.41, 5.74) is 2.04. The minimum atomic E-state index is -1.03. The second-order valence-electron chi connectivity index (χ2n) is 5.55. The Balaban J connectivity index is 1.88. The summed E-state index contributed by atoms with van der Waals surface area (Å²) in [6.07, 6.45) is 3.16. The zero-order chi connectivity index (χ0) is 16.8. The highest BCUT2D eigenvalue weighted by Crippen LogP contribution is 2.41. The molecule has 2 aromatic heterocycles. The van der Waals surface area contributed by atoms with Crippen LogP contribution in [0.2, 0.25) is 0 Å². The van der Waals surface area contributed by atoms with Crippen LogP contribution in [-0.2, 0) is 14.4 Å². The fourth-order valence-corrected chi connectivity index (χ4v) is 3.83. The Morgan fingerprint density at radius 3 is 2.83 bits per heavy atom. The third kappa shape index (κ3) is 2.07. The summed E-state index contributed by atoms with van der Waals surface area (Å²) in [6.45, 7) is 1.33. The summed E-state index contributed by atoms with van der Waals surface area (Å²) in [6, 6.07) is 4.52. The molecule has 0 bridgehead atoms. The van der Waals surface area contributed by atoms with Crippen molar-refractivity contribution in [2.45, 2.75) is 13.0 Å². The van der Waals surface area contributed by atoms with Gasteiger partial charge >= 0.3 is 0 Å². The number of benzene rings is 1. The van der Waals surface area contributed by atoms with E-state index in [4.69, 9.17) is 0 Å². The smallest absolute Gasteiger partial charge is 0.295 e. The molecule has 1 saturated heterocycles. The lowest BCUT2D eigenvalue weighted by atomic mass is 9.95. The molecule has 3 heterocycles. The molecule has 7 nitrogen and oxygen atoms in total. The van der Waals surface area contributed by atoms with Crippen LogP contribution in [0.15, 0.2) is 36.1 Å². The van der Waals surface area contributed by atoms with E-state index in [1.54, 1.807) is 36.1 Å². The van der Waals surface area contributed by atoms with Crippen LogP contribution in [0.25, 0.3) is 11.0 Å². The van der Waals surface area contributed by atoms with Crippen molar-refractivity contribution in [3.05, 3.63) is 41.1 Å². The van der Waals surface area contributed by atoms with Crippen LogP contribution in [0, 0.1) is 5.92 Å². The van der Waals surface area contributed by atoms with E-state index in [1.165, 1.54) is 23.2 Å². The first-order valence-electron chi connectivity index (χ1n) is 7.28. The lowest BCUT2D eigenvalue weighted by Gasteiger charge is -2.24. The number of H-pyrrole nitrogens is 1. The van der Waals surface area contributed by atoms with E-state index in [-0.39, 0.29) is 5.78 Å². The van der Waals surface area contributed by atoms with E-state index < -0.39 is 23.7 Å². The number of aromatic nitrogens is 3. The number of carbonyl (C=O) groups excluding carboxylic acids is 3. The van der Waals surface area contributed by atoms with Gasteiger partial charge in [-0.1, -0.05) is 0 Å². The molecule has 120 valence electrons. The number of ketones is 2. The normalized spacial score (nSPS) is 21.0. The fourth-order valence-electron chi connectivity index (χ4n) is 3.06. The van der Waals surface area contributed by atoms with Crippen LogP contribution < -0.4 is 4.90 Å². The molecule has 8 heteroatoms. The fraction of sp³-hybridized carbons (Fsp3) is 0.188. The molecular formula is C16H12N4O3S. The summed E-state index contributed by atoms with van der Waals surface area (Å²) in [4.78, 5) is 49.7. The van der Waals surface area contributed by atoms with E-state index in [2.05, 4.69) is 15.0 Å². The Bertz CT molecular complexity index is 963. The molecule has 2 atom stereocenters. The number of aromatic amines is 1. The van der Waals surface area contributed by atoms with Crippen molar-refractivity contribution in [3.8, 4) is 0 Å². The van der Waals surface area contributed by atoms with E-state index in [0.717, 1.165) is 11.0 Å². The summed E-state index contributed by atoms with van der Waals surface area (Å²) >= 11 is 1.32. The number of thiazole rings is 1. The Morgan fingerprint density at radius 1 is 1.29 bits per heavy atom. The zero-order valence-corrected chi connectivity index (χ0v) is 13.4. The van der Waals surface area contributed by atoms with Crippen molar-refractivity contribution in [1.29, 1.82) is 0 Å². The van der Waals surface area contributed by atoms with Gasteiger partial charge < -0.3 is 4.98 Å². The van der Waals surface area contributed by atoms with Gasteiger partial charge in [-0.05, 0) is 25.1 Å². The van der Waals surface area contributed by atoms with Gasteiger partial charge in [0.2, 0.25) is 5.78 Å². The summed E-state index contributed by atoms with van der Waals surface area (Å²) < 4.78 is 0. The van der Waals surface area contributed by atoms with Gasteiger partial charge in [0.15, 0.2) is 0 Å². The minimum absolute atomic E-state index is 0.335. The summed E-state index contributed by atoms with van der Waals surface area (Å²) in [7, 11) is 0. The molecule has 1 aromatic carbocycles. The van der Waals surface area contributed by atoms with Gasteiger partial charge in [-0.3, -0.25) is 19.3 Å². The maximum absolute atomic E-state index is 12.6. The van der Waals surface area contributed by atoms with Crippen LogP contribution in [0.5, 0.6) is 0 Å². The van der Waals surface area contributed by atoms with Crippen molar-refractivity contribution in [1.82, 2.24) is 15.0 Å². The third-order valence-corrected chi connectivity index (χ3v) is 4.98. The highest BCUT2D eigenvalue weighted by molar-refractivity contribution is 7.09. The van der Waals surface area contributed by atoms with Crippen LogP contribution >= 0.6 is 11.3 Å². The molecule has 0 saturated carbocycles. The Hall–Kier alpha value is -2.87. The number of carbonyl (C=O) groups is 3. The highest BCUT2D eigenvalue weighted by Gasteiger charge is 2.52. The number of Topliss-reactive ketones (excluding diaryl/α,β-unsaturated/α-hetero) is 2. The van der Waals surface area contributed by atoms with E-state index in [1.807, 2.05) is 0 Å². The first-order chi connectivity index (χ1) is 11.6. The number of nitrogens with zero attached hydrogens (tertiary/aromatic N) is 3. The molecule has 24 heavy (non-hydrogen) atoms. The molecule has 0 aliphatic carbocycles. The number of hydrogen-bond acceptors (Lipinski definition) is 6. The molecule has 1 aliphatic heterocycles. The van der Waals surface area contributed by atoms with Crippen molar-refractivity contribution in [2.75, 3.05) is 4.90 Å². The molecule has 3 aromatic rings. The Morgan fingerprint density at radius 2 is 2.12 bits per heavy atom. The topological polar surface area (TPSA) is 96.0 Å². The molecule has 4 rings (SSSR count). The first-order valence-corrected chi connectivity index (χ1v) is 8.16. The molecular weight excluding hydrogens is 328 g/mol. The maximum atomic E-state index is 12.6. The van der Waals surface area contributed by atoms with Crippen molar-refractivity contribution >= 4 is 45.5 Å². The average Bonchev–Trinajstić information content (AvgIpc) is 3.27. The molecule has 0 radical (unpaired) electrons. The highest BCUT2D eigenvalue weighted by atomic mass is 32.1. The number of nitrogens with one attached hydrogen (secondary N) is 1. The van der Waals surface area contributed by atoms with E-state index >= 15 is 0 Å². The van der Waals surface area contributed by atoms with Gasteiger partial charge in [-0.15, -0.1) is 11.3 Å². The quantitative estimate of drug-likeness (QED) is 0.580. The van der Waals surface area contributed by atoms with Gasteiger partial charge in [0.1, 0.15) is 22.8 Å². The summed E-state index contributed by atoms with van der Waals surface area (Å²) in [5, 5.41) is 2.33. The van der Waals surface area contributed by atoms with Gasteiger partial charge in [0.05, 0.1) is 17.4 Å². The number of imidazole rings is 1. The van der Waals surface area contributed by atoms with Crippen molar-refractivity contribution in [2.24, 2.45) is 5.92 Å². The molecule has 2 unspecified atom stereocenters.